The van der Waals surface area contributed by atoms with E-state index >= 15 is 0 Å². The molecule has 2 aromatic carbocycles. The molecule has 0 radical (unpaired) electrons. The van der Waals surface area contributed by atoms with Gasteiger partial charge in [0, 0.05) is 12.6 Å². The highest BCUT2D eigenvalue weighted by Crippen LogP contribution is 2.40. The van der Waals surface area contributed by atoms with Gasteiger partial charge in [0.2, 0.25) is 15.9 Å². The Morgan fingerprint density at radius 3 is 2.34 bits per heavy atom. The summed E-state index contributed by atoms with van der Waals surface area (Å²) < 4.78 is 37.1. The highest BCUT2D eigenvalue weighted by atomic mass is 32.2. The van der Waals surface area contributed by atoms with Crippen LogP contribution in [-0.4, -0.2) is 39.8 Å². The molecule has 0 aliphatic carbocycles. The summed E-state index contributed by atoms with van der Waals surface area (Å²) in [6, 6.07) is 10.6. The van der Waals surface area contributed by atoms with Gasteiger partial charge in [-0.2, -0.15) is 0 Å². The van der Waals surface area contributed by atoms with Crippen LogP contribution < -0.4 is 19.1 Å². The van der Waals surface area contributed by atoms with Crippen molar-refractivity contribution in [3.63, 3.8) is 0 Å². The highest BCUT2D eigenvalue weighted by molar-refractivity contribution is 7.95. The van der Waals surface area contributed by atoms with Crippen LogP contribution in [0.3, 0.4) is 0 Å². The highest BCUT2D eigenvalue weighted by Gasteiger charge is 2.55. The Labute approximate surface area is 171 Å². The average molecular weight is 419 g/mol. The second-order valence-corrected chi connectivity index (χ2v) is 9.61. The van der Waals surface area contributed by atoms with Gasteiger partial charge in [-0.15, -0.1) is 0 Å². The zero-order chi connectivity index (χ0) is 21.4. The number of hydrogen-bond acceptors (Lipinski definition) is 5. The van der Waals surface area contributed by atoms with Crippen molar-refractivity contribution < 1.29 is 22.7 Å². The number of nitrogens with zero attached hydrogens (tertiary/aromatic N) is 1. The van der Waals surface area contributed by atoms with Crippen LogP contribution in [0.5, 0.6) is 11.5 Å². The van der Waals surface area contributed by atoms with Gasteiger partial charge in [0.05, 0.1) is 25.6 Å². The summed E-state index contributed by atoms with van der Waals surface area (Å²) in [5, 5.41) is 2.73. The van der Waals surface area contributed by atoms with Crippen molar-refractivity contribution in [1.29, 1.82) is 0 Å². The molecule has 1 amide bonds. The molecule has 3 rings (SSSR count). The number of para-hydroxylation sites is 1. The van der Waals surface area contributed by atoms with E-state index in [-0.39, 0.29) is 13.0 Å². The predicted octanol–water partition coefficient (Wildman–Crippen LogP) is 3.26. The number of anilines is 2. The Bertz CT molecular complexity index is 1030. The molecule has 0 unspecified atom stereocenters. The van der Waals surface area contributed by atoms with Gasteiger partial charge in [0.1, 0.15) is 11.5 Å². The van der Waals surface area contributed by atoms with Gasteiger partial charge in [0.15, 0.2) is 4.75 Å². The molecule has 1 heterocycles. The molecule has 7 nitrogen and oxygen atoms in total. The molecule has 2 aromatic rings. The van der Waals surface area contributed by atoms with Gasteiger partial charge in [-0.1, -0.05) is 18.2 Å². The zero-order valence-corrected chi connectivity index (χ0v) is 18.1. The quantitative estimate of drug-likeness (QED) is 0.806. The molecular formula is C21H26N2O5S. The van der Waals surface area contributed by atoms with Gasteiger partial charge in [0.25, 0.3) is 0 Å². The fourth-order valence-electron chi connectivity index (χ4n) is 3.63. The molecule has 0 aromatic heterocycles. The molecule has 1 atom stereocenters. The number of nitrogens with one attached hydrogen (secondary N) is 1. The van der Waals surface area contributed by atoms with Crippen molar-refractivity contribution in [2.75, 3.05) is 30.4 Å². The van der Waals surface area contributed by atoms with Crippen molar-refractivity contribution in [3.8, 4) is 11.5 Å². The number of sulfonamides is 1. The summed E-state index contributed by atoms with van der Waals surface area (Å²) in [5.74, 6) is 0.374. The van der Waals surface area contributed by atoms with Crippen molar-refractivity contribution in [2.45, 2.75) is 31.9 Å². The first-order valence-corrected chi connectivity index (χ1v) is 10.7. The Hall–Kier alpha value is -2.74. The number of methoxy groups -OCH3 is 2. The van der Waals surface area contributed by atoms with Crippen LogP contribution in [0, 0.1) is 13.8 Å². The Balaban J connectivity index is 1.94. The lowest BCUT2D eigenvalue weighted by molar-refractivity contribution is -0.118. The molecule has 29 heavy (non-hydrogen) atoms. The van der Waals surface area contributed by atoms with Gasteiger partial charge >= 0.3 is 0 Å². The van der Waals surface area contributed by atoms with E-state index in [4.69, 9.17) is 9.47 Å². The Morgan fingerprint density at radius 1 is 1.10 bits per heavy atom. The fraction of sp³-hybridized carbons (Fsp3) is 0.381. The second kappa shape index (κ2) is 7.59. The molecule has 156 valence electrons. The summed E-state index contributed by atoms with van der Waals surface area (Å²) in [6.45, 7) is 5.46. The van der Waals surface area contributed by atoms with Crippen LogP contribution in [-0.2, 0) is 14.8 Å². The first kappa shape index (κ1) is 21.0. The molecular weight excluding hydrogens is 392 g/mol. The third kappa shape index (κ3) is 3.42. The number of benzene rings is 2. The van der Waals surface area contributed by atoms with E-state index in [1.165, 1.54) is 25.4 Å². The number of hydrogen-bond donors (Lipinski definition) is 1. The predicted molar refractivity (Wildman–Crippen MR) is 113 cm³/mol. The third-order valence-electron chi connectivity index (χ3n) is 5.48. The minimum Gasteiger partial charge on any atom is -0.497 e. The fourth-order valence-corrected chi connectivity index (χ4v) is 5.61. The largest absolute Gasteiger partial charge is 0.497 e. The number of carbonyl (C=O) groups is 1. The maximum absolute atomic E-state index is 13.4. The smallest absolute Gasteiger partial charge is 0.249 e. The maximum atomic E-state index is 13.4. The molecule has 1 aliphatic rings. The van der Waals surface area contributed by atoms with Crippen molar-refractivity contribution in [1.82, 2.24) is 0 Å². The average Bonchev–Trinajstić information content (AvgIpc) is 2.93. The summed E-state index contributed by atoms with van der Waals surface area (Å²) in [7, 11) is -0.919. The molecule has 1 N–H and O–H groups in total. The minimum absolute atomic E-state index is 0.188. The van der Waals surface area contributed by atoms with Gasteiger partial charge < -0.3 is 14.8 Å². The van der Waals surface area contributed by atoms with E-state index in [9.17, 15) is 13.2 Å². The minimum atomic E-state index is -3.92. The zero-order valence-electron chi connectivity index (χ0n) is 17.3. The molecule has 0 saturated carbocycles. The van der Waals surface area contributed by atoms with E-state index in [0.717, 1.165) is 11.1 Å². The number of ether oxygens (including phenoxy) is 2. The van der Waals surface area contributed by atoms with E-state index in [2.05, 4.69) is 5.32 Å². The third-order valence-corrected chi connectivity index (χ3v) is 7.95. The van der Waals surface area contributed by atoms with Crippen LogP contribution in [0.4, 0.5) is 11.4 Å². The van der Waals surface area contributed by atoms with Crippen LogP contribution >= 0.6 is 0 Å². The lowest BCUT2D eigenvalue weighted by atomic mass is 10.0. The number of aryl methyl sites for hydroxylation is 2. The SMILES string of the molecule is COc1ccc(NC(=O)[C@]2(C)CCN(c3c(C)cccc3C)S2(=O)=O)c(OC)c1. The van der Waals surface area contributed by atoms with E-state index in [0.29, 0.717) is 22.9 Å². The van der Waals surface area contributed by atoms with Crippen molar-refractivity contribution >= 4 is 27.3 Å². The second-order valence-electron chi connectivity index (χ2n) is 7.32. The molecule has 1 saturated heterocycles. The standard InChI is InChI=1S/C21H26N2O5S/c1-14-7-6-8-15(2)19(14)23-12-11-21(3,29(23,25)26)20(24)22-17-10-9-16(27-4)13-18(17)28-5/h6-10,13H,11-12H2,1-5H3,(H,22,24)/t21-/m0/s1. The number of carbonyl (C=O) groups excluding carboxylic acids is 1. The summed E-state index contributed by atoms with van der Waals surface area (Å²) in [4.78, 5) is 13.1. The molecule has 0 bridgehead atoms. The molecule has 1 fully saturated rings. The van der Waals surface area contributed by atoms with Crippen LogP contribution in [0.15, 0.2) is 36.4 Å². The summed E-state index contributed by atoms with van der Waals surface area (Å²) >= 11 is 0. The maximum Gasteiger partial charge on any atom is 0.249 e. The van der Waals surface area contributed by atoms with E-state index in [1.54, 1.807) is 18.2 Å². The lowest BCUT2D eigenvalue weighted by Gasteiger charge is -2.27. The molecule has 8 heteroatoms. The van der Waals surface area contributed by atoms with Crippen molar-refractivity contribution in [2.24, 2.45) is 0 Å². The van der Waals surface area contributed by atoms with Crippen LogP contribution in [0.2, 0.25) is 0 Å². The normalized spacial score (nSPS) is 20.4. The Kier molecular flexibility index (Phi) is 5.49. The molecule has 0 spiro atoms. The van der Waals surface area contributed by atoms with Gasteiger partial charge in [-0.3, -0.25) is 9.10 Å². The first-order valence-electron chi connectivity index (χ1n) is 9.27. The lowest BCUT2D eigenvalue weighted by Crippen LogP contribution is -2.47. The topological polar surface area (TPSA) is 84.9 Å². The van der Waals surface area contributed by atoms with E-state index in [1.807, 2.05) is 32.0 Å². The van der Waals surface area contributed by atoms with Crippen LogP contribution in [0.1, 0.15) is 24.5 Å². The first-order chi connectivity index (χ1) is 13.7. The van der Waals surface area contributed by atoms with Gasteiger partial charge in [-0.05, 0) is 50.5 Å². The summed E-state index contributed by atoms with van der Waals surface area (Å²) in [6.07, 6.45) is 0.188. The van der Waals surface area contributed by atoms with Gasteiger partial charge in [-0.25, -0.2) is 8.42 Å². The molecule has 1 aliphatic heterocycles. The number of amides is 1. The Morgan fingerprint density at radius 2 is 1.76 bits per heavy atom. The van der Waals surface area contributed by atoms with Crippen molar-refractivity contribution in [3.05, 3.63) is 47.5 Å². The van der Waals surface area contributed by atoms with E-state index < -0.39 is 20.7 Å². The summed E-state index contributed by atoms with van der Waals surface area (Å²) in [5.41, 5.74) is 2.75. The van der Waals surface area contributed by atoms with Crippen LogP contribution in [0.25, 0.3) is 0 Å². The monoisotopic (exact) mass is 418 g/mol. The number of rotatable bonds is 5.